The van der Waals surface area contributed by atoms with E-state index < -0.39 is 17.4 Å². The number of unbranched alkanes of at least 4 members (excludes halogenated alkanes) is 1. The Bertz CT molecular complexity index is 423. The molecule has 1 heterocycles. The third-order valence-electron chi connectivity index (χ3n) is 2.23. The number of nitrogens with two attached hydrogens (primary N) is 1. The van der Waals surface area contributed by atoms with E-state index in [1.807, 2.05) is 6.92 Å². The minimum Gasteiger partial charge on any atom is -0.394 e. The van der Waals surface area contributed by atoms with E-state index >= 15 is 0 Å². The number of anilines is 1. The molecule has 0 aromatic carbocycles. The number of alkyl halides is 3. The SMILES string of the molecule is CCCCn1c(C(F)(F)F)ccc(N)c1=O. The second-order valence-electron chi connectivity index (χ2n) is 3.48. The maximum absolute atomic E-state index is 12.6. The molecule has 1 rings (SSSR count). The van der Waals surface area contributed by atoms with Gasteiger partial charge in [0.1, 0.15) is 5.69 Å². The van der Waals surface area contributed by atoms with Crippen molar-refractivity contribution in [2.45, 2.75) is 32.5 Å². The summed E-state index contributed by atoms with van der Waals surface area (Å²) >= 11 is 0. The normalized spacial score (nSPS) is 11.8. The molecule has 16 heavy (non-hydrogen) atoms. The first-order valence-corrected chi connectivity index (χ1v) is 4.94. The molecule has 0 aliphatic heterocycles. The molecule has 0 radical (unpaired) electrons. The van der Waals surface area contributed by atoms with Gasteiger partial charge in [0.2, 0.25) is 0 Å². The Kier molecular flexibility index (Phi) is 3.62. The van der Waals surface area contributed by atoms with Crippen LogP contribution < -0.4 is 11.3 Å². The van der Waals surface area contributed by atoms with Crippen molar-refractivity contribution in [3.63, 3.8) is 0 Å². The number of hydrogen-bond acceptors (Lipinski definition) is 2. The lowest BCUT2D eigenvalue weighted by atomic mass is 10.2. The maximum atomic E-state index is 12.6. The first kappa shape index (κ1) is 12.6. The molecule has 3 nitrogen and oxygen atoms in total. The predicted molar refractivity (Wildman–Crippen MR) is 55.0 cm³/mol. The zero-order valence-corrected chi connectivity index (χ0v) is 8.84. The zero-order chi connectivity index (χ0) is 12.3. The van der Waals surface area contributed by atoms with Crippen LogP contribution >= 0.6 is 0 Å². The molecule has 0 spiro atoms. The van der Waals surface area contributed by atoms with Crippen LogP contribution in [0.15, 0.2) is 16.9 Å². The molecule has 0 fully saturated rings. The number of nitrogens with zero attached hydrogens (tertiary/aromatic N) is 1. The molecule has 0 saturated heterocycles. The number of rotatable bonds is 3. The number of nitrogen functional groups attached to an aromatic ring is 1. The second kappa shape index (κ2) is 4.59. The van der Waals surface area contributed by atoms with Gasteiger partial charge >= 0.3 is 6.18 Å². The Morgan fingerprint density at radius 3 is 2.50 bits per heavy atom. The van der Waals surface area contributed by atoms with Crippen LogP contribution in [0.25, 0.3) is 0 Å². The molecule has 90 valence electrons. The highest BCUT2D eigenvalue weighted by Crippen LogP contribution is 2.28. The van der Waals surface area contributed by atoms with Crippen molar-refractivity contribution in [1.29, 1.82) is 0 Å². The lowest BCUT2D eigenvalue weighted by Crippen LogP contribution is -2.29. The highest BCUT2D eigenvalue weighted by molar-refractivity contribution is 5.36. The average Bonchev–Trinajstić information content (AvgIpc) is 2.18. The maximum Gasteiger partial charge on any atom is 0.431 e. The van der Waals surface area contributed by atoms with Crippen molar-refractivity contribution in [1.82, 2.24) is 4.57 Å². The standard InChI is InChI=1S/C10H13F3N2O/c1-2-3-6-15-8(10(11,12)13)5-4-7(14)9(15)16/h4-5H,2-3,6,14H2,1H3. The third-order valence-corrected chi connectivity index (χ3v) is 2.23. The van der Waals surface area contributed by atoms with Gasteiger partial charge in [-0.25, -0.2) is 0 Å². The Hall–Kier alpha value is -1.46. The van der Waals surface area contributed by atoms with Gasteiger partial charge in [0.05, 0.1) is 5.69 Å². The first-order valence-electron chi connectivity index (χ1n) is 4.94. The molecular formula is C10H13F3N2O. The fraction of sp³-hybridized carbons (Fsp3) is 0.500. The van der Waals surface area contributed by atoms with Crippen LogP contribution in [0.5, 0.6) is 0 Å². The fourth-order valence-corrected chi connectivity index (χ4v) is 1.38. The van der Waals surface area contributed by atoms with Crippen molar-refractivity contribution in [2.75, 3.05) is 5.73 Å². The molecule has 6 heteroatoms. The summed E-state index contributed by atoms with van der Waals surface area (Å²) in [6, 6.07) is 1.83. The van der Waals surface area contributed by atoms with Crippen molar-refractivity contribution in [2.24, 2.45) is 0 Å². The molecule has 0 saturated carbocycles. The Morgan fingerprint density at radius 1 is 1.38 bits per heavy atom. The van der Waals surface area contributed by atoms with Gasteiger partial charge in [-0.1, -0.05) is 13.3 Å². The van der Waals surface area contributed by atoms with Crippen LogP contribution in [0.4, 0.5) is 18.9 Å². The zero-order valence-electron chi connectivity index (χ0n) is 8.84. The topological polar surface area (TPSA) is 48.0 Å². The van der Waals surface area contributed by atoms with Gasteiger partial charge in [0, 0.05) is 6.54 Å². The van der Waals surface area contributed by atoms with E-state index in [-0.39, 0.29) is 12.2 Å². The smallest absolute Gasteiger partial charge is 0.394 e. The summed E-state index contributed by atoms with van der Waals surface area (Å²) in [5.41, 5.74) is 3.42. The molecule has 0 bridgehead atoms. The summed E-state index contributed by atoms with van der Waals surface area (Å²) in [5, 5.41) is 0. The van der Waals surface area contributed by atoms with Crippen molar-refractivity contribution in [3.05, 3.63) is 28.2 Å². The van der Waals surface area contributed by atoms with E-state index in [4.69, 9.17) is 5.73 Å². The van der Waals surface area contributed by atoms with Crippen LogP contribution in [0.3, 0.4) is 0 Å². The summed E-state index contributed by atoms with van der Waals surface area (Å²) in [6.07, 6.45) is -3.31. The van der Waals surface area contributed by atoms with Gasteiger partial charge in [0.15, 0.2) is 0 Å². The van der Waals surface area contributed by atoms with Gasteiger partial charge in [-0.2, -0.15) is 13.2 Å². The summed E-state index contributed by atoms with van der Waals surface area (Å²) < 4.78 is 38.5. The number of aromatic nitrogens is 1. The van der Waals surface area contributed by atoms with E-state index in [1.165, 1.54) is 0 Å². The highest BCUT2D eigenvalue weighted by Gasteiger charge is 2.34. The van der Waals surface area contributed by atoms with Crippen LogP contribution in [-0.4, -0.2) is 4.57 Å². The quantitative estimate of drug-likeness (QED) is 0.871. The molecule has 0 aliphatic rings. The summed E-state index contributed by atoms with van der Waals surface area (Å²) in [6.45, 7) is 1.87. The predicted octanol–water partition coefficient (Wildman–Crippen LogP) is 2.25. The van der Waals surface area contributed by atoms with Crippen molar-refractivity contribution >= 4 is 5.69 Å². The van der Waals surface area contributed by atoms with E-state index in [0.29, 0.717) is 17.4 Å². The molecular weight excluding hydrogens is 221 g/mol. The summed E-state index contributed by atoms with van der Waals surface area (Å²) in [7, 11) is 0. The highest BCUT2D eigenvalue weighted by atomic mass is 19.4. The van der Waals surface area contributed by atoms with Crippen LogP contribution in [0.2, 0.25) is 0 Å². The second-order valence-corrected chi connectivity index (χ2v) is 3.48. The van der Waals surface area contributed by atoms with Crippen LogP contribution in [0, 0.1) is 0 Å². The van der Waals surface area contributed by atoms with Gasteiger partial charge in [-0.3, -0.25) is 4.79 Å². The van der Waals surface area contributed by atoms with E-state index in [1.54, 1.807) is 0 Å². The first-order chi connectivity index (χ1) is 7.38. The van der Waals surface area contributed by atoms with E-state index in [0.717, 1.165) is 12.1 Å². The lowest BCUT2D eigenvalue weighted by molar-refractivity contribution is -0.144. The van der Waals surface area contributed by atoms with Crippen molar-refractivity contribution < 1.29 is 13.2 Å². The minimum absolute atomic E-state index is 0.0369. The molecule has 0 amide bonds. The van der Waals surface area contributed by atoms with Crippen molar-refractivity contribution in [3.8, 4) is 0 Å². The fourth-order valence-electron chi connectivity index (χ4n) is 1.38. The van der Waals surface area contributed by atoms with E-state index in [2.05, 4.69) is 0 Å². The monoisotopic (exact) mass is 234 g/mol. The Morgan fingerprint density at radius 2 is 2.00 bits per heavy atom. The molecule has 0 aliphatic carbocycles. The van der Waals surface area contributed by atoms with Crippen LogP contribution in [-0.2, 0) is 12.7 Å². The van der Waals surface area contributed by atoms with E-state index in [9.17, 15) is 18.0 Å². The number of halogens is 3. The average molecular weight is 234 g/mol. The van der Waals surface area contributed by atoms with Crippen LogP contribution in [0.1, 0.15) is 25.5 Å². The number of hydrogen-bond donors (Lipinski definition) is 1. The molecule has 1 aromatic heterocycles. The molecule has 2 N–H and O–H groups in total. The van der Waals surface area contributed by atoms with Gasteiger partial charge in [0.25, 0.3) is 5.56 Å². The van der Waals surface area contributed by atoms with Gasteiger partial charge < -0.3 is 10.3 Å². The Labute approximate surface area is 90.7 Å². The molecule has 1 aromatic rings. The summed E-state index contributed by atoms with van der Waals surface area (Å²) in [4.78, 5) is 11.5. The van der Waals surface area contributed by atoms with Gasteiger partial charge in [-0.05, 0) is 18.6 Å². The molecule has 0 unspecified atom stereocenters. The summed E-state index contributed by atoms with van der Waals surface area (Å²) in [5.74, 6) is 0. The Balaban J connectivity index is 3.28. The number of pyridine rings is 1. The largest absolute Gasteiger partial charge is 0.431 e. The lowest BCUT2D eigenvalue weighted by Gasteiger charge is -2.15. The minimum atomic E-state index is -4.53. The van der Waals surface area contributed by atoms with Gasteiger partial charge in [-0.15, -0.1) is 0 Å². The third kappa shape index (κ3) is 2.56. The molecule has 0 atom stereocenters.